The van der Waals surface area contributed by atoms with E-state index in [2.05, 4.69) is 24.4 Å². The van der Waals surface area contributed by atoms with Crippen molar-refractivity contribution in [2.45, 2.75) is 25.7 Å². The van der Waals surface area contributed by atoms with Crippen molar-refractivity contribution in [1.29, 1.82) is 0 Å². The van der Waals surface area contributed by atoms with Gasteiger partial charge < -0.3 is 5.32 Å². The van der Waals surface area contributed by atoms with Crippen LogP contribution in [0.5, 0.6) is 0 Å². The molecule has 2 aromatic carbocycles. The molecule has 0 bridgehead atoms. The van der Waals surface area contributed by atoms with Crippen molar-refractivity contribution in [3.05, 3.63) is 71.3 Å². The minimum Gasteiger partial charge on any atom is -0.316 e. The van der Waals surface area contributed by atoms with Crippen molar-refractivity contribution in [3.63, 3.8) is 0 Å². The Hall–Kier alpha value is -1.74. The lowest BCUT2D eigenvalue weighted by atomic mass is 9.91. The second kappa shape index (κ2) is 7.89. The molecule has 1 atom stereocenters. The van der Waals surface area contributed by atoms with E-state index in [9.17, 15) is 8.78 Å². The summed E-state index contributed by atoms with van der Waals surface area (Å²) in [5.41, 5.74) is 1.73. The quantitative estimate of drug-likeness (QED) is 0.750. The number of rotatable bonds is 7. The average molecular weight is 289 g/mol. The van der Waals surface area contributed by atoms with Crippen molar-refractivity contribution in [2.75, 3.05) is 13.1 Å². The van der Waals surface area contributed by atoms with Crippen molar-refractivity contribution in [2.24, 2.45) is 0 Å². The van der Waals surface area contributed by atoms with Crippen LogP contribution in [-0.4, -0.2) is 13.1 Å². The van der Waals surface area contributed by atoms with Crippen LogP contribution in [0.2, 0.25) is 0 Å². The van der Waals surface area contributed by atoms with E-state index in [0.717, 1.165) is 25.6 Å². The normalized spacial score (nSPS) is 12.3. The van der Waals surface area contributed by atoms with Crippen LogP contribution < -0.4 is 5.32 Å². The molecule has 0 radical (unpaired) electrons. The molecule has 0 saturated carbocycles. The molecule has 0 aromatic heterocycles. The summed E-state index contributed by atoms with van der Waals surface area (Å²) in [6.45, 7) is 3.84. The highest BCUT2D eigenvalue weighted by molar-refractivity contribution is 5.26. The van der Waals surface area contributed by atoms with Gasteiger partial charge in [0.1, 0.15) is 11.6 Å². The molecule has 0 aliphatic rings. The Bertz CT molecular complexity index is 554. The molecule has 1 N–H and O–H groups in total. The Morgan fingerprint density at radius 3 is 2.48 bits per heavy atom. The van der Waals surface area contributed by atoms with Gasteiger partial charge in [0.25, 0.3) is 0 Å². The molecule has 0 saturated heterocycles. The number of benzene rings is 2. The van der Waals surface area contributed by atoms with Gasteiger partial charge in [-0.3, -0.25) is 0 Å². The van der Waals surface area contributed by atoms with Gasteiger partial charge in [0.15, 0.2) is 0 Å². The van der Waals surface area contributed by atoms with E-state index in [1.165, 1.54) is 11.6 Å². The number of hydrogen-bond donors (Lipinski definition) is 1. The molecule has 1 unspecified atom stereocenters. The van der Waals surface area contributed by atoms with Gasteiger partial charge in [-0.1, -0.05) is 43.3 Å². The third kappa shape index (κ3) is 4.64. The number of halogens is 2. The predicted molar refractivity (Wildman–Crippen MR) is 82.4 cm³/mol. The zero-order valence-electron chi connectivity index (χ0n) is 12.3. The lowest BCUT2D eigenvalue weighted by molar-refractivity contribution is 0.541. The molecule has 21 heavy (non-hydrogen) atoms. The minimum absolute atomic E-state index is 0.178. The van der Waals surface area contributed by atoms with Crippen LogP contribution in [0.4, 0.5) is 8.78 Å². The summed E-state index contributed by atoms with van der Waals surface area (Å²) in [6, 6.07) is 13.9. The number of nitrogens with one attached hydrogen (secondary N) is 1. The first-order chi connectivity index (χ1) is 10.2. The minimum atomic E-state index is -0.531. The van der Waals surface area contributed by atoms with E-state index in [1.807, 2.05) is 18.2 Å². The molecule has 2 aromatic rings. The molecule has 0 amide bonds. The molecule has 0 aliphatic carbocycles. The molecule has 112 valence electrons. The first kappa shape index (κ1) is 15.6. The molecule has 3 heteroatoms. The smallest absolute Gasteiger partial charge is 0.129 e. The van der Waals surface area contributed by atoms with Crippen LogP contribution in [-0.2, 0) is 6.42 Å². The van der Waals surface area contributed by atoms with E-state index in [1.54, 1.807) is 6.07 Å². The summed E-state index contributed by atoms with van der Waals surface area (Å²) in [6.07, 6.45) is 1.62. The molecule has 0 heterocycles. The van der Waals surface area contributed by atoms with Gasteiger partial charge in [0, 0.05) is 18.5 Å². The summed E-state index contributed by atoms with van der Waals surface area (Å²) in [7, 11) is 0. The molecule has 1 nitrogen and oxygen atoms in total. The maximum Gasteiger partial charge on any atom is 0.129 e. The van der Waals surface area contributed by atoms with Crippen molar-refractivity contribution < 1.29 is 8.78 Å². The van der Waals surface area contributed by atoms with Crippen LogP contribution in [0, 0.1) is 11.6 Å². The third-order valence-corrected chi connectivity index (χ3v) is 3.57. The lowest BCUT2D eigenvalue weighted by Gasteiger charge is -2.18. The monoisotopic (exact) mass is 289 g/mol. The lowest BCUT2D eigenvalue weighted by Crippen LogP contribution is -2.24. The largest absolute Gasteiger partial charge is 0.316 e. The average Bonchev–Trinajstić information content (AvgIpc) is 2.49. The maximum absolute atomic E-state index is 13.9. The topological polar surface area (TPSA) is 12.0 Å². The fraction of sp³-hybridized carbons (Fsp3) is 0.333. The van der Waals surface area contributed by atoms with E-state index in [4.69, 9.17) is 0 Å². The van der Waals surface area contributed by atoms with E-state index in [0.29, 0.717) is 12.0 Å². The predicted octanol–water partition coefficient (Wildman–Crippen LogP) is 4.29. The molecule has 0 aliphatic heterocycles. The highest BCUT2D eigenvalue weighted by Crippen LogP contribution is 2.22. The molecule has 2 rings (SSSR count). The van der Waals surface area contributed by atoms with E-state index >= 15 is 0 Å². The van der Waals surface area contributed by atoms with Crippen LogP contribution in [0.15, 0.2) is 48.5 Å². The van der Waals surface area contributed by atoms with Gasteiger partial charge in [-0.05, 0) is 36.6 Å². The van der Waals surface area contributed by atoms with Gasteiger partial charge in [-0.2, -0.15) is 0 Å². The molecule has 0 spiro atoms. The van der Waals surface area contributed by atoms with Crippen LogP contribution in [0.1, 0.15) is 30.4 Å². The van der Waals surface area contributed by atoms with Gasteiger partial charge >= 0.3 is 0 Å². The molecular formula is C18H21F2N. The fourth-order valence-corrected chi connectivity index (χ4v) is 2.44. The Balaban J connectivity index is 2.15. The van der Waals surface area contributed by atoms with Crippen molar-refractivity contribution in [1.82, 2.24) is 5.32 Å². The second-order valence-corrected chi connectivity index (χ2v) is 5.25. The molecular weight excluding hydrogens is 268 g/mol. The van der Waals surface area contributed by atoms with Gasteiger partial charge in [-0.15, -0.1) is 0 Å². The summed E-state index contributed by atoms with van der Waals surface area (Å²) < 4.78 is 26.9. The van der Waals surface area contributed by atoms with Crippen LogP contribution in [0.25, 0.3) is 0 Å². The highest BCUT2D eigenvalue weighted by Gasteiger charge is 2.14. The van der Waals surface area contributed by atoms with Gasteiger partial charge in [0.05, 0.1) is 0 Å². The standard InChI is InChI=1S/C18H21F2N/c1-2-10-21-13-16(14-6-4-3-5-7-14)11-15-8-9-17(19)12-18(15)20/h3-9,12,16,21H,2,10-11,13H2,1H3. The van der Waals surface area contributed by atoms with Crippen LogP contribution >= 0.6 is 0 Å². The Morgan fingerprint density at radius 1 is 1.05 bits per heavy atom. The highest BCUT2D eigenvalue weighted by atomic mass is 19.1. The van der Waals surface area contributed by atoms with Crippen molar-refractivity contribution >= 4 is 0 Å². The summed E-state index contributed by atoms with van der Waals surface area (Å²) in [5, 5.41) is 3.39. The zero-order chi connectivity index (χ0) is 15.1. The zero-order valence-corrected chi connectivity index (χ0v) is 12.3. The third-order valence-electron chi connectivity index (χ3n) is 3.57. The SMILES string of the molecule is CCCNCC(Cc1ccc(F)cc1F)c1ccccc1. The van der Waals surface area contributed by atoms with E-state index in [-0.39, 0.29) is 5.92 Å². The summed E-state index contributed by atoms with van der Waals surface area (Å²) >= 11 is 0. The second-order valence-electron chi connectivity index (χ2n) is 5.25. The Kier molecular flexibility index (Phi) is 5.88. The summed E-state index contributed by atoms with van der Waals surface area (Å²) in [4.78, 5) is 0. The number of hydrogen-bond acceptors (Lipinski definition) is 1. The first-order valence-electron chi connectivity index (χ1n) is 7.40. The van der Waals surface area contributed by atoms with E-state index < -0.39 is 11.6 Å². The van der Waals surface area contributed by atoms with Gasteiger partial charge in [0.2, 0.25) is 0 Å². The fourth-order valence-electron chi connectivity index (χ4n) is 2.44. The maximum atomic E-state index is 13.9. The summed E-state index contributed by atoms with van der Waals surface area (Å²) in [5.74, 6) is -0.819. The Morgan fingerprint density at radius 2 is 1.81 bits per heavy atom. The van der Waals surface area contributed by atoms with Gasteiger partial charge in [-0.25, -0.2) is 8.78 Å². The Labute approximate surface area is 125 Å². The first-order valence-corrected chi connectivity index (χ1v) is 7.40. The molecule has 0 fully saturated rings. The van der Waals surface area contributed by atoms with Crippen LogP contribution in [0.3, 0.4) is 0 Å². The van der Waals surface area contributed by atoms with Crippen molar-refractivity contribution in [3.8, 4) is 0 Å².